The number of hydrogen-bond donors (Lipinski definition) is 2. The standard InChI is InChI=1S/C27H38N4O3/c1-4-11-30(12-5-6-13-31-24(32)16-27(2,3)17-25(31)33)19-9-7-18-8-10-22-21(20(18)14-19)15-23(29-22)26(28)34/h8,10,15,19,29H,4-7,9,11-14,16-17H2,1-3H3,(H2,28,34)/t19-/m1/s1. The van der Waals surface area contributed by atoms with E-state index < -0.39 is 5.91 Å². The van der Waals surface area contributed by atoms with Crippen LogP contribution in [0.1, 0.15) is 80.9 Å². The average Bonchev–Trinajstić information content (AvgIpc) is 3.21. The predicted molar refractivity (Wildman–Crippen MR) is 133 cm³/mol. The van der Waals surface area contributed by atoms with Crippen molar-refractivity contribution >= 4 is 28.6 Å². The van der Waals surface area contributed by atoms with E-state index in [0.29, 0.717) is 31.1 Å². The first-order valence-corrected chi connectivity index (χ1v) is 12.7. The molecule has 0 bridgehead atoms. The number of nitrogens with zero attached hydrogens (tertiary/aromatic N) is 2. The lowest BCUT2D eigenvalue weighted by Crippen LogP contribution is -2.46. The van der Waals surface area contributed by atoms with Gasteiger partial charge >= 0.3 is 0 Å². The van der Waals surface area contributed by atoms with Crippen molar-refractivity contribution in [3.63, 3.8) is 0 Å². The Labute approximate surface area is 202 Å². The minimum Gasteiger partial charge on any atom is -0.364 e. The van der Waals surface area contributed by atoms with Gasteiger partial charge in [0.2, 0.25) is 11.8 Å². The topological polar surface area (TPSA) is 99.5 Å². The van der Waals surface area contributed by atoms with E-state index in [9.17, 15) is 14.4 Å². The molecule has 1 aliphatic heterocycles. The highest BCUT2D eigenvalue weighted by atomic mass is 16.2. The molecule has 2 aromatic rings. The van der Waals surface area contributed by atoms with Crippen LogP contribution in [0.5, 0.6) is 0 Å². The fourth-order valence-corrected chi connectivity index (χ4v) is 5.70. The molecule has 0 radical (unpaired) electrons. The molecule has 2 aliphatic rings. The number of rotatable bonds is 9. The number of aromatic amines is 1. The highest BCUT2D eigenvalue weighted by Crippen LogP contribution is 2.33. The van der Waals surface area contributed by atoms with Crippen LogP contribution < -0.4 is 5.73 Å². The van der Waals surface area contributed by atoms with Crippen molar-refractivity contribution in [3.8, 4) is 0 Å². The van der Waals surface area contributed by atoms with E-state index in [1.807, 2.05) is 19.9 Å². The number of piperidine rings is 1. The molecule has 0 unspecified atom stereocenters. The summed E-state index contributed by atoms with van der Waals surface area (Å²) < 4.78 is 0. The molecule has 34 heavy (non-hydrogen) atoms. The van der Waals surface area contributed by atoms with Crippen LogP contribution in [0.2, 0.25) is 0 Å². The van der Waals surface area contributed by atoms with E-state index in [2.05, 4.69) is 28.9 Å². The minimum absolute atomic E-state index is 0.0265. The smallest absolute Gasteiger partial charge is 0.265 e. The molecule has 1 atom stereocenters. The Morgan fingerprint density at radius 2 is 1.91 bits per heavy atom. The van der Waals surface area contributed by atoms with Gasteiger partial charge in [-0.25, -0.2) is 0 Å². The maximum Gasteiger partial charge on any atom is 0.265 e. The average molecular weight is 467 g/mol. The van der Waals surface area contributed by atoms with E-state index in [0.717, 1.165) is 62.5 Å². The summed E-state index contributed by atoms with van der Waals surface area (Å²) in [4.78, 5) is 43.7. The van der Waals surface area contributed by atoms with Crippen molar-refractivity contribution in [2.75, 3.05) is 19.6 Å². The largest absolute Gasteiger partial charge is 0.364 e. The van der Waals surface area contributed by atoms with Gasteiger partial charge in [-0.1, -0.05) is 26.8 Å². The second-order valence-corrected chi connectivity index (χ2v) is 10.8. The molecule has 7 nitrogen and oxygen atoms in total. The summed E-state index contributed by atoms with van der Waals surface area (Å²) in [5, 5.41) is 1.11. The molecule has 3 N–H and O–H groups in total. The van der Waals surface area contributed by atoms with Gasteiger partial charge in [-0.15, -0.1) is 0 Å². The number of aryl methyl sites for hydroxylation is 1. The summed E-state index contributed by atoms with van der Waals surface area (Å²) in [7, 11) is 0. The maximum absolute atomic E-state index is 12.4. The second-order valence-electron chi connectivity index (χ2n) is 10.8. The SMILES string of the molecule is CCCN(CCCCN1C(=O)CC(C)(C)CC1=O)[C@@H]1CCc2ccc3[nH]c(C(N)=O)cc3c2C1. The van der Waals surface area contributed by atoms with Crippen molar-refractivity contribution in [1.82, 2.24) is 14.8 Å². The Kier molecular flexibility index (Phi) is 7.12. The van der Waals surface area contributed by atoms with Gasteiger partial charge in [0.1, 0.15) is 5.69 Å². The van der Waals surface area contributed by atoms with E-state index in [-0.39, 0.29) is 17.2 Å². The maximum atomic E-state index is 12.4. The molecule has 1 aromatic carbocycles. The van der Waals surface area contributed by atoms with Crippen molar-refractivity contribution in [1.29, 1.82) is 0 Å². The zero-order valence-corrected chi connectivity index (χ0v) is 20.8. The van der Waals surface area contributed by atoms with Gasteiger partial charge in [0, 0.05) is 36.3 Å². The van der Waals surface area contributed by atoms with Gasteiger partial charge in [-0.05, 0) is 80.3 Å². The highest BCUT2D eigenvalue weighted by Gasteiger charge is 2.37. The van der Waals surface area contributed by atoms with Crippen LogP contribution in [0.3, 0.4) is 0 Å². The van der Waals surface area contributed by atoms with Crippen molar-refractivity contribution in [2.24, 2.45) is 11.1 Å². The number of primary amides is 1. The number of unbranched alkanes of at least 4 members (excludes halogenated alkanes) is 1. The van der Waals surface area contributed by atoms with Crippen LogP contribution in [0.15, 0.2) is 18.2 Å². The number of carbonyl (C=O) groups is 3. The number of hydrogen-bond acceptors (Lipinski definition) is 4. The fraction of sp³-hybridized carbons (Fsp3) is 0.593. The molecule has 0 saturated carbocycles. The molecule has 1 saturated heterocycles. The zero-order chi connectivity index (χ0) is 24.5. The lowest BCUT2D eigenvalue weighted by Gasteiger charge is -2.36. The molecular weight excluding hydrogens is 428 g/mol. The molecular formula is C27H38N4O3. The van der Waals surface area contributed by atoms with Crippen LogP contribution in [0.25, 0.3) is 10.9 Å². The Morgan fingerprint density at radius 3 is 2.59 bits per heavy atom. The molecule has 1 fully saturated rings. The van der Waals surface area contributed by atoms with Crippen molar-refractivity contribution in [3.05, 3.63) is 35.0 Å². The number of H-pyrrole nitrogens is 1. The number of likely N-dealkylation sites (tertiary alicyclic amines) is 1. The van der Waals surface area contributed by atoms with Gasteiger partial charge in [0.25, 0.3) is 5.91 Å². The number of benzene rings is 1. The summed E-state index contributed by atoms with van der Waals surface area (Å²) in [6.07, 6.45) is 6.89. The summed E-state index contributed by atoms with van der Waals surface area (Å²) >= 11 is 0. The molecule has 184 valence electrons. The number of nitrogens with two attached hydrogens (primary N) is 1. The molecule has 3 amide bonds. The number of carbonyl (C=O) groups excluding carboxylic acids is 3. The highest BCUT2D eigenvalue weighted by molar-refractivity contribution is 5.99. The van der Waals surface area contributed by atoms with E-state index in [1.165, 1.54) is 16.0 Å². The fourth-order valence-electron chi connectivity index (χ4n) is 5.70. The van der Waals surface area contributed by atoms with Crippen LogP contribution in [0, 0.1) is 5.41 Å². The molecule has 2 heterocycles. The molecule has 1 aliphatic carbocycles. The van der Waals surface area contributed by atoms with E-state index >= 15 is 0 Å². The number of aromatic nitrogens is 1. The third-order valence-corrected chi connectivity index (χ3v) is 7.43. The minimum atomic E-state index is -0.431. The molecule has 1 aromatic heterocycles. The Morgan fingerprint density at radius 1 is 1.18 bits per heavy atom. The third kappa shape index (κ3) is 5.19. The number of nitrogens with one attached hydrogen (secondary N) is 1. The quantitative estimate of drug-likeness (QED) is 0.434. The van der Waals surface area contributed by atoms with E-state index in [1.54, 1.807) is 0 Å². The molecule has 7 heteroatoms. The molecule has 0 spiro atoms. The summed E-state index contributed by atoms with van der Waals surface area (Å²) in [5.41, 5.74) is 9.39. The van der Waals surface area contributed by atoms with Crippen LogP contribution in [0.4, 0.5) is 0 Å². The van der Waals surface area contributed by atoms with Gasteiger partial charge < -0.3 is 15.6 Å². The van der Waals surface area contributed by atoms with Gasteiger partial charge in [-0.2, -0.15) is 0 Å². The Bertz CT molecular complexity index is 1070. The summed E-state index contributed by atoms with van der Waals surface area (Å²) in [5.74, 6) is -0.484. The van der Waals surface area contributed by atoms with Gasteiger partial charge in [0.05, 0.1) is 0 Å². The van der Waals surface area contributed by atoms with Crippen LogP contribution in [-0.2, 0) is 22.4 Å². The lowest BCUT2D eigenvalue weighted by atomic mass is 9.81. The first kappa shape index (κ1) is 24.5. The first-order valence-electron chi connectivity index (χ1n) is 12.7. The predicted octanol–water partition coefficient (Wildman–Crippen LogP) is 3.79. The normalized spacial score (nSPS) is 20.2. The number of amides is 3. The lowest BCUT2D eigenvalue weighted by molar-refractivity contribution is -0.152. The monoisotopic (exact) mass is 466 g/mol. The summed E-state index contributed by atoms with van der Waals surface area (Å²) in [6, 6.07) is 6.57. The van der Waals surface area contributed by atoms with Crippen LogP contribution >= 0.6 is 0 Å². The van der Waals surface area contributed by atoms with Crippen LogP contribution in [-0.4, -0.2) is 58.2 Å². The Hall–Kier alpha value is -2.67. The van der Waals surface area contributed by atoms with E-state index in [4.69, 9.17) is 5.73 Å². The van der Waals surface area contributed by atoms with Crippen molar-refractivity contribution in [2.45, 2.75) is 78.2 Å². The van der Waals surface area contributed by atoms with Gasteiger partial charge in [0.15, 0.2) is 0 Å². The number of imide groups is 1. The second kappa shape index (κ2) is 9.90. The van der Waals surface area contributed by atoms with Crippen molar-refractivity contribution < 1.29 is 14.4 Å². The van der Waals surface area contributed by atoms with Gasteiger partial charge in [-0.3, -0.25) is 19.3 Å². The third-order valence-electron chi connectivity index (χ3n) is 7.43. The summed E-state index contributed by atoms with van der Waals surface area (Å²) in [6.45, 7) is 8.71. The first-order chi connectivity index (χ1) is 16.2. The Balaban J connectivity index is 1.38. The zero-order valence-electron chi connectivity index (χ0n) is 20.8. The number of fused-ring (bicyclic) bond motifs is 3. The molecule has 4 rings (SSSR count).